The van der Waals surface area contributed by atoms with Crippen molar-refractivity contribution in [1.82, 2.24) is 9.97 Å². The third-order valence-electron chi connectivity index (χ3n) is 3.61. The predicted molar refractivity (Wildman–Crippen MR) is 76.1 cm³/mol. The summed E-state index contributed by atoms with van der Waals surface area (Å²) in [7, 11) is 0. The second-order valence-electron chi connectivity index (χ2n) is 6.92. The number of hydrogen-bond donors (Lipinski definition) is 1. The lowest BCUT2D eigenvalue weighted by Gasteiger charge is -2.18. The summed E-state index contributed by atoms with van der Waals surface area (Å²) in [5.41, 5.74) is 0.400. The van der Waals surface area contributed by atoms with Gasteiger partial charge in [-0.25, -0.2) is 9.97 Å². The van der Waals surface area contributed by atoms with Gasteiger partial charge in [0.1, 0.15) is 16.8 Å². The molecular weight excluding hydrogens is 246 g/mol. The maximum Gasteiger partial charge on any atom is 0.137 e. The van der Waals surface area contributed by atoms with Gasteiger partial charge < -0.3 is 5.32 Å². The van der Waals surface area contributed by atoms with Gasteiger partial charge in [-0.05, 0) is 17.8 Å². The van der Waals surface area contributed by atoms with Crippen LogP contribution in [0.5, 0.6) is 0 Å². The van der Waals surface area contributed by atoms with Crippen LogP contribution in [0.2, 0.25) is 5.15 Å². The van der Waals surface area contributed by atoms with Crippen LogP contribution < -0.4 is 5.32 Å². The summed E-state index contributed by atoms with van der Waals surface area (Å²) in [4.78, 5) is 8.84. The van der Waals surface area contributed by atoms with Crippen LogP contribution in [0.25, 0.3) is 0 Å². The molecule has 0 amide bonds. The summed E-state index contributed by atoms with van der Waals surface area (Å²) < 4.78 is 0. The van der Waals surface area contributed by atoms with Gasteiger partial charge in [-0.2, -0.15) is 0 Å². The predicted octanol–water partition coefficient (Wildman–Crippen LogP) is 3.89. The number of hydrogen-bond acceptors (Lipinski definition) is 3. The third-order valence-corrected chi connectivity index (χ3v) is 3.81. The van der Waals surface area contributed by atoms with E-state index in [1.807, 2.05) is 0 Å². The summed E-state index contributed by atoms with van der Waals surface area (Å²) in [5, 5.41) is 3.89. The van der Waals surface area contributed by atoms with E-state index in [1.54, 1.807) is 6.07 Å². The molecule has 1 saturated carbocycles. The molecule has 3 nitrogen and oxygen atoms in total. The van der Waals surface area contributed by atoms with Crippen molar-refractivity contribution in [3.8, 4) is 0 Å². The number of rotatable bonds is 3. The van der Waals surface area contributed by atoms with Crippen LogP contribution in [0.15, 0.2) is 6.07 Å². The highest BCUT2D eigenvalue weighted by atomic mass is 35.5. The van der Waals surface area contributed by atoms with Crippen molar-refractivity contribution >= 4 is 17.4 Å². The van der Waals surface area contributed by atoms with Gasteiger partial charge in [0, 0.05) is 18.0 Å². The van der Waals surface area contributed by atoms with Crippen LogP contribution in [0.1, 0.15) is 46.9 Å². The Kier molecular flexibility index (Phi) is 3.30. The first-order chi connectivity index (χ1) is 8.18. The summed E-state index contributed by atoms with van der Waals surface area (Å²) in [6.07, 6.45) is 1.28. The zero-order valence-electron chi connectivity index (χ0n) is 11.8. The molecule has 1 N–H and O–H groups in total. The number of anilines is 1. The van der Waals surface area contributed by atoms with Crippen molar-refractivity contribution in [2.24, 2.45) is 11.3 Å². The van der Waals surface area contributed by atoms with E-state index in [1.165, 1.54) is 6.42 Å². The molecule has 1 aliphatic carbocycles. The summed E-state index contributed by atoms with van der Waals surface area (Å²) >= 11 is 6.05. The summed E-state index contributed by atoms with van der Waals surface area (Å²) in [6.45, 7) is 11.8. The fraction of sp³-hybridized carbons (Fsp3) is 0.714. The minimum atomic E-state index is -0.0832. The molecule has 2 rings (SSSR count). The molecular formula is C14H22ClN3. The average Bonchev–Trinajstić information content (AvgIpc) is 2.81. The lowest BCUT2D eigenvalue weighted by atomic mass is 9.96. The second-order valence-corrected chi connectivity index (χ2v) is 7.31. The van der Waals surface area contributed by atoms with Crippen LogP contribution in [-0.4, -0.2) is 16.5 Å². The fourth-order valence-electron chi connectivity index (χ4n) is 2.00. The number of nitrogens with one attached hydrogen (secondary N) is 1. The minimum absolute atomic E-state index is 0.0832. The van der Waals surface area contributed by atoms with E-state index >= 15 is 0 Å². The highest BCUT2D eigenvalue weighted by Crippen LogP contribution is 2.51. The topological polar surface area (TPSA) is 37.8 Å². The minimum Gasteiger partial charge on any atom is -0.370 e. The Hall–Kier alpha value is -0.830. The third kappa shape index (κ3) is 3.14. The van der Waals surface area contributed by atoms with E-state index in [9.17, 15) is 0 Å². The average molecular weight is 268 g/mol. The normalized spacial score (nSPS) is 21.8. The Bertz CT molecular complexity index is 449. The lowest BCUT2D eigenvalue weighted by molar-refractivity contribution is 0.544. The molecule has 18 heavy (non-hydrogen) atoms. The number of aromatic nitrogens is 2. The van der Waals surface area contributed by atoms with Crippen LogP contribution >= 0.6 is 11.6 Å². The van der Waals surface area contributed by atoms with Crippen molar-refractivity contribution in [3.05, 3.63) is 17.0 Å². The smallest absolute Gasteiger partial charge is 0.137 e. The molecule has 100 valence electrons. The molecule has 0 aliphatic heterocycles. The standard InChI is InChI=1S/C14H22ClN3/c1-13(2,3)12-17-10(15)6-11(18-12)16-8-9-7-14(9,4)5/h6,9H,7-8H2,1-5H3,(H,16,17,18). The Morgan fingerprint density at radius 2 is 2.00 bits per heavy atom. The maximum absolute atomic E-state index is 6.05. The SMILES string of the molecule is CC(C)(C)c1nc(Cl)cc(NCC2CC2(C)C)n1. The van der Waals surface area contributed by atoms with Crippen molar-refractivity contribution in [3.63, 3.8) is 0 Å². The van der Waals surface area contributed by atoms with Gasteiger partial charge in [0.15, 0.2) is 0 Å². The van der Waals surface area contributed by atoms with Crippen LogP contribution in [-0.2, 0) is 5.41 Å². The van der Waals surface area contributed by atoms with Crippen LogP contribution in [0.3, 0.4) is 0 Å². The van der Waals surface area contributed by atoms with Gasteiger partial charge >= 0.3 is 0 Å². The van der Waals surface area contributed by atoms with E-state index in [-0.39, 0.29) is 5.41 Å². The molecule has 1 atom stereocenters. The Labute approximate surface area is 114 Å². The Morgan fingerprint density at radius 1 is 1.39 bits per heavy atom. The van der Waals surface area contributed by atoms with E-state index in [4.69, 9.17) is 11.6 Å². The van der Waals surface area contributed by atoms with Gasteiger partial charge in [0.2, 0.25) is 0 Å². The van der Waals surface area contributed by atoms with E-state index in [0.29, 0.717) is 10.6 Å². The van der Waals surface area contributed by atoms with Crippen LogP contribution in [0.4, 0.5) is 5.82 Å². The first-order valence-corrected chi connectivity index (χ1v) is 6.85. The zero-order chi connectivity index (χ0) is 13.6. The van der Waals surface area contributed by atoms with Gasteiger partial charge in [-0.1, -0.05) is 46.2 Å². The number of halogens is 1. The monoisotopic (exact) mass is 267 g/mol. The maximum atomic E-state index is 6.05. The molecule has 1 fully saturated rings. The molecule has 1 aliphatic rings. The fourth-order valence-corrected chi connectivity index (χ4v) is 2.18. The molecule has 0 aromatic carbocycles. The molecule has 1 unspecified atom stereocenters. The van der Waals surface area contributed by atoms with Crippen molar-refractivity contribution in [2.75, 3.05) is 11.9 Å². The molecule has 0 spiro atoms. The molecule has 0 saturated heterocycles. The molecule has 1 heterocycles. The Balaban J connectivity index is 2.07. The van der Waals surface area contributed by atoms with Crippen molar-refractivity contribution in [2.45, 2.75) is 46.5 Å². The number of nitrogens with zero attached hydrogens (tertiary/aromatic N) is 2. The van der Waals surface area contributed by atoms with Crippen molar-refractivity contribution in [1.29, 1.82) is 0 Å². The molecule has 0 bridgehead atoms. The first kappa shape index (κ1) is 13.6. The lowest BCUT2D eigenvalue weighted by Crippen LogP contribution is -2.18. The zero-order valence-corrected chi connectivity index (χ0v) is 12.6. The molecule has 4 heteroatoms. The van der Waals surface area contributed by atoms with Gasteiger partial charge in [-0.15, -0.1) is 0 Å². The quantitative estimate of drug-likeness (QED) is 0.845. The Morgan fingerprint density at radius 3 is 2.50 bits per heavy atom. The summed E-state index contributed by atoms with van der Waals surface area (Å²) in [6, 6.07) is 1.80. The highest BCUT2D eigenvalue weighted by molar-refractivity contribution is 6.29. The first-order valence-electron chi connectivity index (χ1n) is 6.47. The van der Waals surface area contributed by atoms with E-state index in [0.717, 1.165) is 24.1 Å². The van der Waals surface area contributed by atoms with Gasteiger partial charge in [0.25, 0.3) is 0 Å². The highest BCUT2D eigenvalue weighted by Gasteiger charge is 2.45. The van der Waals surface area contributed by atoms with Gasteiger partial charge in [0.05, 0.1) is 0 Å². The molecule has 1 aromatic heterocycles. The largest absolute Gasteiger partial charge is 0.370 e. The second kappa shape index (κ2) is 4.37. The molecule has 0 radical (unpaired) electrons. The molecule has 1 aromatic rings. The van der Waals surface area contributed by atoms with Crippen LogP contribution in [0, 0.1) is 11.3 Å². The van der Waals surface area contributed by atoms with E-state index in [2.05, 4.69) is 49.9 Å². The van der Waals surface area contributed by atoms with Gasteiger partial charge in [-0.3, -0.25) is 0 Å². The summed E-state index contributed by atoms with van der Waals surface area (Å²) in [5.74, 6) is 2.36. The van der Waals surface area contributed by atoms with Crippen molar-refractivity contribution < 1.29 is 0 Å². The van der Waals surface area contributed by atoms with E-state index < -0.39 is 0 Å².